The molecule has 0 aromatic heterocycles. The normalized spacial score (nSPS) is 10.5. The van der Waals surface area contributed by atoms with Gasteiger partial charge in [-0.05, 0) is 71.8 Å². The second-order valence-corrected chi connectivity index (χ2v) is 8.94. The van der Waals surface area contributed by atoms with Gasteiger partial charge in [0.25, 0.3) is 5.91 Å². The molecule has 4 rings (SSSR count). The summed E-state index contributed by atoms with van der Waals surface area (Å²) in [6.07, 6.45) is 0. The van der Waals surface area contributed by atoms with Crippen molar-refractivity contribution in [2.45, 2.75) is 18.0 Å². The van der Waals surface area contributed by atoms with Crippen LogP contribution in [0.5, 0.6) is 11.5 Å². The van der Waals surface area contributed by atoms with E-state index in [0.29, 0.717) is 31.1 Å². The number of amides is 1. The molecule has 4 aromatic carbocycles. The number of thioether (sulfide) groups is 1. The molecule has 0 aliphatic carbocycles. The molecule has 4 aromatic rings. The van der Waals surface area contributed by atoms with Gasteiger partial charge in [0, 0.05) is 22.8 Å². The second kappa shape index (κ2) is 12.6. The Morgan fingerprint density at radius 1 is 0.743 bits per heavy atom. The first-order chi connectivity index (χ1) is 17.2. The first-order valence-corrected chi connectivity index (χ1v) is 12.3. The van der Waals surface area contributed by atoms with E-state index in [2.05, 4.69) is 17.4 Å². The Morgan fingerprint density at radius 3 is 2.09 bits per heavy atom. The van der Waals surface area contributed by atoms with E-state index >= 15 is 0 Å². The van der Waals surface area contributed by atoms with Crippen LogP contribution in [0.2, 0.25) is 0 Å². The lowest BCUT2D eigenvalue weighted by Gasteiger charge is -2.09. The van der Waals surface area contributed by atoms with Crippen molar-refractivity contribution in [3.05, 3.63) is 126 Å². The standard InChI is InChI=1S/C29H26FNO3S/c30-25-12-6-23(7-13-25)21-34-27-14-8-22(9-15-27)20-31-29(32)24-10-16-26(17-11-24)33-18-19-35-28-4-2-1-3-5-28/h1-17H,18-21H2,(H,31,32). The van der Waals surface area contributed by atoms with Gasteiger partial charge in [-0.15, -0.1) is 11.8 Å². The zero-order chi connectivity index (χ0) is 24.3. The Hall–Kier alpha value is -3.77. The van der Waals surface area contributed by atoms with E-state index < -0.39 is 0 Å². The summed E-state index contributed by atoms with van der Waals surface area (Å²) in [4.78, 5) is 13.7. The minimum absolute atomic E-state index is 0.146. The smallest absolute Gasteiger partial charge is 0.251 e. The number of hydrogen-bond donors (Lipinski definition) is 1. The number of carbonyl (C=O) groups is 1. The average molecular weight is 488 g/mol. The first-order valence-electron chi connectivity index (χ1n) is 11.3. The lowest BCUT2D eigenvalue weighted by Crippen LogP contribution is -2.22. The molecular weight excluding hydrogens is 461 g/mol. The summed E-state index contributed by atoms with van der Waals surface area (Å²) in [5.41, 5.74) is 2.43. The molecule has 0 atom stereocenters. The van der Waals surface area contributed by atoms with Crippen molar-refractivity contribution in [2.75, 3.05) is 12.4 Å². The van der Waals surface area contributed by atoms with E-state index in [-0.39, 0.29) is 11.7 Å². The summed E-state index contributed by atoms with van der Waals surface area (Å²) in [5.74, 6) is 1.89. The second-order valence-electron chi connectivity index (χ2n) is 7.78. The van der Waals surface area contributed by atoms with Crippen LogP contribution >= 0.6 is 11.8 Å². The molecule has 0 heterocycles. The van der Waals surface area contributed by atoms with Crippen molar-refractivity contribution in [2.24, 2.45) is 0 Å². The molecule has 1 N–H and O–H groups in total. The van der Waals surface area contributed by atoms with Crippen LogP contribution in [0.1, 0.15) is 21.5 Å². The quantitative estimate of drug-likeness (QED) is 0.194. The number of ether oxygens (including phenoxy) is 2. The van der Waals surface area contributed by atoms with Gasteiger partial charge < -0.3 is 14.8 Å². The number of hydrogen-bond acceptors (Lipinski definition) is 4. The van der Waals surface area contributed by atoms with Crippen molar-refractivity contribution >= 4 is 17.7 Å². The van der Waals surface area contributed by atoms with Crippen molar-refractivity contribution < 1.29 is 18.7 Å². The maximum absolute atomic E-state index is 13.0. The lowest BCUT2D eigenvalue weighted by atomic mass is 10.2. The summed E-state index contributed by atoms with van der Waals surface area (Å²) in [5, 5.41) is 2.93. The molecule has 6 heteroatoms. The topological polar surface area (TPSA) is 47.6 Å². The molecule has 0 spiro atoms. The third kappa shape index (κ3) is 7.90. The fraction of sp³-hybridized carbons (Fsp3) is 0.138. The van der Waals surface area contributed by atoms with Gasteiger partial charge in [-0.3, -0.25) is 4.79 Å². The molecule has 1 amide bonds. The fourth-order valence-corrected chi connectivity index (χ4v) is 4.03. The molecule has 0 radical (unpaired) electrons. The van der Waals surface area contributed by atoms with Gasteiger partial charge in [-0.25, -0.2) is 4.39 Å². The van der Waals surface area contributed by atoms with E-state index in [1.54, 1.807) is 36.0 Å². The maximum Gasteiger partial charge on any atom is 0.251 e. The molecule has 0 aliphatic heterocycles. The zero-order valence-electron chi connectivity index (χ0n) is 19.2. The molecule has 0 unspecified atom stereocenters. The van der Waals surface area contributed by atoms with Gasteiger partial charge >= 0.3 is 0 Å². The number of carbonyl (C=O) groups excluding carboxylic acids is 1. The van der Waals surface area contributed by atoms with E-state index in [1.807, 2.05) is 54.6 Å². The Morgan fingerprint density at radius 2 is 1.37 bits per heavy atom. The zero-order valence-corrected chi connectivity index (χ0v) is 20.0. The molecule has 4 nitrogen and oxygen atoms in total. The number of rotatable bonds is 11. The van der Waals surface area contributed by atoms with Crippen molar-refractivity contribution in [3.63, 3.8) is 0 Å². The third-order valence-corrected chi connectivity index (χ3v) is 6.15. The Kier molecular flexibility index (Phi) is 8.79. The summed E-state index contributed by atoms with van der Waals surface area (Å²) < 4.78 is 24.5. The predicted octanol–water partition coefficient (Wildman–Crippen LogP) is 6.51. The molecular formula is C29H26FNO3S. The van der Waals surface area contributed by atoms with Crippen LogP contribution in [0.4, 0.5) is 4.39 Å². The minimum Gasteiger partial charge on any atom is -0.493 e. The SMILES string of the molecule is O=C(NCc1ccc(OCc2ccc(F)cc2)cc1)c1ccc(OCCSc2ccccc2)cc1. The Labute approximate surface area is 209 Å². The highest BCUT2D eigenvalue weighted by Crippen LogP contribution is 2.18. The largest absolute Gasteiger partial charge is 0.493 e. The lowest BCUT2D eigenvalue weighted by molar-refractivity contribution is 0.0951. The summed E-state index contributed by atoms with van der Waals surface area (Å²) in [6.45, 7) is 1.36. The van der Waals surface area contributed by atoms with Crippen LogP contribution in [0.15, 0.2) is 108 Å². The van der Waals surface area contributed by atoms with Gasteiger partial charge in [0.1, 0.15) is 23.9 Å². The van der Waals surface area contributed by atoms with Crippen LogP contribution in [-0.4, -0.2) is 18.3 Å². The molecule has 0 fully saturated rings. The van der Waals surface area contributed by atoms with Crippen LogP contribution in [0.25, 0.3) is 0 Å². The van der Waals surface area contributed by atoms with Gasteiger partial charge in [0.15, 0.2) is 0 Å². The summed E-state index contributed by atoms with van der Waals surface area (Å²) in [6, 6.07) is 31.1. The van der Waals surface area contributed by atoms with E-state index in [4.69, 9.17) is 9.47 Å². The highest BCUT2D eigenvalue weighted by molar-refractivity contribution is 7.99. The van der Waals surface area contributed by atoms with Crippen LogP contribution in [-0.2, 0) is 13.2 Å². The molecule has 0 bridgehead atoms. The number of halogens is 1. The minimum atomic E-state index is -0.266. The highest BCUT2D eigenvalue weighted by atomic mass is 32.2. The average Bonchev–Trinajstić information content (AvgIpc) is 2.91. The molecule has 35 heavy (non-hydrogen) atoms. The predicted molar refractivity (Wildman–Crippen MR) is 137 cm³/mol. The van der Waals surface area contributed by atoms with Crippen LogP contribution in [0.3, 0.4) is 0 Å². The molecule has 0 saturated heterocycles. The maximum atomic E-state index is 13.0. The first kappa shape index (κ1) is 24.4. The van der Waals surface area contributed by atoms with Crippen LogP contribution < -0.4 is 14.8 Å². The highest BCUT2D eigenvalue weighted by Gasteiger charge is 2.06. The monoisotopic (exact) mass is 487 g/mol. The Balaban J connectivity index is 1.17. The summed E-state index contributed by atoms with van der Waals surface area (Å²) >= 11 is 1.75. The Bertz CT molecular complexity index is 1200. The number of nitrogens with one attached hydrogen (secondary N) is 1. The molecule has 0 saturated carbocycles. The van der Waals surface area contributed by atoms with Crippen molar-refractivity contribution in [1.29, 1.82) is 0 Å². The number of benzene rings is 4. The van der Waals surface area contributed by atoms with Gasteiger partial charge in [0.05, 0.1) is 6.61 Å². The van der Waals surface area contributed by atoms with Crippen LogP contribution in [0, 0.1) is 5.82 Å². The van der Waals surface area contributed by atoms with E-state index in [0.717, 1.165) is 22.6 Å². The van der Waals surface area contributed by atoms with Gasteiger partial charge in [-0.2, -0.15) is 0 Å². The van der Waals surface area contributed by atoms with E-state index in [1.165, 1.54) is 17.0 Å². The summed E-state index contributed by atoms with van der Waals surface area (Å²) in [7, 11) is 0. The van der Waals surface area contributed by atoms with Crippen molar-refractivity contribution in [1.82, 2.24) is 5.32 Å². The molecule has 178 valence electrons. The fourth-order valence-electron chi connectivity index (χ4n) is 3.27. The van der Waals surface area contributed by atoms with Gasteiger partial charge in [-0.1, -0.05) is 42.5 Å². The van der Waals surface area contributed by atoms with E-state index in [9.17, 15) is 9.18 Å². The van der Waals surface area contributed by atoms with Gasteiger partial charge in [0.2, 0.25) is 0 Å². The van der Waals surface area contributed by atoms with Crippen molar-refractivity contribution in [3.8, 4) is 11.5 Å². The molecule has 0 aliphatic rings. The third-order valence-electron chi connectivity index (χ3n) is 5.18.